The van der Waals surface area contributed by atoms with E-state index in [-0.39, 0.29) is 45.5 Å². The molecule has 9 heteroatoms. The van der Waals surface area contributed by atoms with Crippen molar-refractivity contribution < 1.29 is 34.2 Å². The molecule has 170 valence electrons. The second kappa shape index (κ2) is 7.78. The number of allylic oxidation sites excluding steroid dienone is 6. The van der Waals surface area contributed by atoms with Crippen LogP contribution in [0.2, 0.25) is 0 Å². The van der Waals surface area contributed by atoms with Gasteiger partial charge in [0.25, 0.3) is 11.8 Å². The van der Waals surface area contributed by atoms with Crippen molar-refractivity contribution in [3.05, 3.63) is 57.1 Å². The van der Waals surface area contributed by atoms with E-state index in [1.54, 1.807) is 19.1 Å². The highest BCUT2D eigenvalue weighted by atomic mass is 79.9. The average Bonchev–Trinajstić information content (AvgIpc) is 3.02. The number of hydrogen-bond acceptors (Lipinski definition) is 7. The van der Waals surface area contributed by atoms with Gasteiger partial charge >= 0.3 is 0 Å². The number of hydroxylamine groups is 2. The predicted molar refractivity (Wildman–Crippen MR) is 117 cm³/mol. The summed E-state index contributed by atoms with van der Waals surface area (Å²) in [4.78, 5) is 51.4. The molecule has 0 spiro atoms. The summed E-state index contributed by atoms with van der Waals surface area (Å²) in [6.45, 7) is 2.10. The first-order valence-electron chi connectivity index (χ1n) is 10.7. The molecule has 1 saturated heterocycles. The number of nitrogens with zero attached hydrogens (tertiary/aromatic N) is 1. The van der Waals surface area contributed by atoms with Crippen LogP contribution in [0.15, 0.2) is 51.6 Å². The smallest absolute Gasteiger partial charge is 0.257 e. The summed E-state index contributed by atoms with van der Waals surface area (Å²) in [6.07, 6.45) is 3.47. The molecule has 1 fully saturated rings. The van der Waals surface area contributed by atoms with Crippen molar-refractivity contribution in [3.63, 3.8) is 0 Å². The van der Waals surface area contributed by atoms with Crippen molar-refractivity contribution in [2.75, 3.05) is 6.61 Å². The zero-order chi connectivity index (χ0) is 23.6. The number of rotatable bonds is 3. The fourth-order valence-electron chi connectivity index (χ4n) is 5.55. The molecule has 0 bridgehead atoms. The van der Waals surface area contributed by atoms with Crippen LogP contribution in [-0.4, -0.2) is 45.4 Å². The van der Waals surface area contributed by atoms with Gasteiger partial charge in [0.1, 0.15) is 0 Å². The number of amides is 2. The van der Waals surface area contributed by atoms with Crippen LogP contribution in [0.4, 0.5) is 0 Å². The number of benzene rings is 1. The van der Waals surface area contributed by atoms with Gasteiger partial charge in [-0.1, -0.05) is 17.7 Å². The molecule has 4 atom stereocenters. The molecule has 2 amide bonds. The first-order valence-corrected chi connectivity index (χ1v) is 11.5. The molecular weight excluding hydrogens is 494 g/mol. The molecule has 33 heavy (non-hydrogen) atoms. The summed E-state index contributed by atoms with van der Waals surface area (Å²) in [5.74, 6) is -4.48. The van der Waals surface area contributed by atoms with Gasteiger partial charge in [-0.25, -0.2) is 0 Å². The molecule has 4 aliphatic rings. The molecule has 0 radical (unpaired) electrons. The summed E-state index contributed by atoms with van der Waals surface area (Å²) in [7, 11) is 0. The van der Waals surface area contributed by atoms with Crippen molar-refractivity contribution >= 4 is 39.3 Å². The molecule has 1 heterocycles. The molecule has 3 aliphatic carbocycles. The Kier molecular flexibility index (Phi) is 5.13. The van der Waals surface area contributed by atoms with E-state index >= 15 is 0 Å². The van der Waals surface area contributed by atoms with E-state index in [0.29, 0.717) is 23.3 Å². The van der Waals surface area contributed by atoms with Crippen LogP contribution in [0.1, 0.15) is 31.2 Å². The third kappa shape index (κ3) is 3.13. The van der Waals surface area contributed by atoms with Crippen LogP contribution in [-0.2, 0) is 19.2 Å². The number of fused-ring (bicyclic) bond motifs is 3. The van der Waals surface area contributed by atoms with E-state index in [0.717, 1.165) is 5.57 Å². The SMILES string of the molecule is CCOc1cc(C2C3=CCC4C(=O)N(O)C(=O)C4C3CC3=C2C(=O)C=C(Br)C3=O)ccc1O. The van der Waals surface area contributed by atoms with Gasteiger partial charge in [0.2, 0.25) is 0 Å². The summed E-state index contributed by atoms with van der Waals surface area (Å²) < 4.78 is 5.67. The zero-order valence-corrected chi connectivity index (χ0v) is 19.2. The lowest BCUT2D eigenvalue weighted by atomic mass is 9.59. The van der Waals surface area contributed by atoms with Gasteiger partial charge in [-0.3, -0.25) is 24.4 Å². The van der Waals surface area contributed by atoms with Crippen LogP contribution < -0.4 is 4.74 Å². The van der Waals surface area contributed by atoms with E-state index < -0.39 is 35.5 Å². The number of ketones is 2. The van der Waals surface area contributed by atoms with E-state index in [9.17, 15) is 29.5 Å². The van der Waals surface area contributed by atoms with Gasteiger partial charge in [0.05, 0.1) is 22.9 Å². The molecule has 1 aliphatic heterocycles. The number of ether oxygens (including phenoxy) is 1. The summed E-state index contributed by atoms with van der Waals surface area (Å²) >= 11 is 3.17. The Morgan fingerprint density at radius 2 is 1.91 bits per heavy atom. The summed E-state index contributed by atoms with van der Waals surface area (Å²) in [5, 5.41) is 20.3. The Hall–Kier alpha value is -3.04. The lowest BCUT2D eigenvalue weighted by molar-refractivity contribution is -0.173. The minimum Gasteiger partial charge on any atom is -0.504 e. The predicted octanol–water partition coefficient (Wildman–Crippen LogP) is 2.94. The number of Topliss-reactive ketones (excluding diaryl/α,β-unsaturated/α-hetero) is 1. The third-order valence-corrected chi connectivity index (χ3v) is 7.51. The van der Waals surface area contributed by atoms with Gasteiger partial charge in [0, 0.05) is 23.1 Å². The van der Waals surface area contributed by atoms with Crippen LogP contribution >= 0.6 is 15.9 Å². The number of carbonyl (C=O) groups excluding carboxylic acids is 4. The van der Waals surface area contributed by atoms with Crippen molar-refractivity contribution in [2.24, 2.45) is 17.8 Å². The van der Waals surface area contributed by atoms with Gasteiger partial charge in [0.15, 0.2) is 23.1 Å². The highest BCUT2D eigenvalue weighted by Crippen LogP contribution is 2.55. The number of hydrogen-bond donors (Lipinski definition) is 2. The van der Waals surface area contributed by atoms with Crippen molar-refractivity contribution in [1.82, 2.24) is 5.06 Å². The minimum absolute atomic E-state index is 0.0546. The number of phenols is 1. The highest BCUT2D eigenvalue weighted by Gasteiger charge is 2.56. The number of aromatic hydroxyl groups is 1. The quantitative estimate of drug-likeness (QED) is 0.275. The molecule has 5 rings (SSSR count). The van der Waals surface area contributed by atoms with Gasteiger partial charge in [-0.2, -0.15) is 5.06 Å². The monoisotopic (exact) mass is 513 g/mol. The maximum atomic E-state index is 13.1. The molecule has 0 aromatic heterocycles. The number of imide groups is 1. The van der Waals surface area contributed by atoms with E-state index in [4.69, 9.17) is 4.74 Å². The Morgan fingerprint density at radius 3 is 2.64 bits per heavy atom. The summed E-state index contributed by atoms with van der Waals surface area (Å²) in [6, 6.07) is 4.76. The van der Waals surface area contributed by atoms with Crippen LogP contribution in [0.25, 0.3) is 0 Å². The molecule has 4 unspecified atom stereocenters. The second-order valence-electron chi connectivity index (χ2n) is 8.54. The van der Waals surface area contributed by atoms with E-state index in [2.05, 4.69) is 15.9 Å². The van der Waals surface area contributed by atoms with Crippen LogP contribution in [0, 0.1) is 17.8 Å². The van der Waals surface area contributed by atoms with E-state index in [1.165, 1.54) is 12.1 Å². The van der Waals surface area contributed by atoms with Crippen LogP contribution in [0.5, 0.6) is 11.5 Å². The molecule has 0 saturated carbocycles. The fourth-order valence-corrected chi connectivity index (χ4v) is 6.00. The zero-order valence-electron chi connectivity index (χ0n) is 17.6. The van der Waals surface area contributed by atoms with Crippen LogP contribution in [0.3, 0.4) is 0 Å². The molecule has 1 aromatic carbocycles. The third-order valence-electron chi connectivity index (χ3n) is 6.92. The topological polar surface area (TPSA) is 121 Å². The van der Waals surface area contributed by atoms with Crippen molar-refractivity contribution in [2.45, 2.75) is 25.7 Å². The number of phenolic OH excluding ortho intramolecular Hbond substituents is 1. The lowest BCUT2D eigenvalue weighted by Gasteiger charge is -2.42. The fraction of sp³-hybridized carbons (Fsp3) is 0.333. The summed E-state index contributed by atoms with van der Waals surface area (Å²) in [5.41, 5.74) is 2.01. The largest absolute Gasteiger partial charge is 0.504 e. The standard InChI is InChI=1S/C24H20BrNO7/c1-2-33-18-7-10(3-6-16(18)27)19-11-4-5-12-20(24(31)26(32)23(12)30)13(11)8-14-21(19)17(28)9-15(25)22(14)29/h3-4,6-7,9,12-13,19-20,27,32H,2,5,8H2,1H3. The Labute approximate surface area is 197 Å². The van der Waals surface area contributed by atoms with Gasteiger partial charge in [-0.15, -0.1) is 0 Å². The Balaban J connectivity index is 1.71. The number of carbonyl (C=O) groups is 4. The average molecular weight is 514 g/mol. The van der Waals surface area contributed by atoms with Crippen molar-refractivity contribution in [1.29, 1.82) is 0 Å². The maximum Gasteiger partial charge on any atom is 0.257 e. The molecule has 2 N–H and O–H groups in total. The van der Waals surface area contributed by atoms with Gasteiger partial charge in [-0.05, 0) is 59.3 Å². The first kappa shape index (κ1) is 21.8. The minimum atomic E-state index is -0.810. The first-order chi connectivity index (χ1) is 15.7. The van der Waals surface area contributed by atoms with Gasteiger partial charge < -0.3 is 9.84 Å². The highest BCUT2D eigenvalue weighted by molar-refractivity contribution is 9.12. The Morgan fingerprint density at radius 1 is 1.15 bits per heavy atom. The Bertz CT molecular complexity index is 1230. The van der Waals surface area contributed by atoms with E-state index in [1.807, 2.05) is 6.08 Å². The normalized spacial score (nSPS) is 28.9. The number of halogens is 1. The second-order valence-corrected chi connectivity index (χ2v) is 9.40. The molecule has 8 nitrogen and oxygen atoms in total. The molecule has 1 aromatic rings. The maximum absolute atomic E-state index is 13.1. The lowest BCUT2D eigenvalue weighted by Crippen LogP contribution is -2.39. The van der Waals surface area contributed by atoms with Crippen molar-refractivity contribution in [3.8, 4) is 11.5 Å². The molecular formula is C24H20BrNO7.